The van der Waals surface area contributed by atoms with Gasteiger partial charge < -0.3 is 24.8 Å². The number of aliphatic hydroxyl groups excluding tert-OH is 2. The van der Waals surface area contributed by atoms with E-state index in [1.165, 1.54) is 0 Å². The third-order valence-electron chi connectivity index (χ3n) is 3.30. The maximum atomic E-state index is 10.3. The monoisotopic (exact) mass is 288 g/mol. The first kappa shape index (κ1) is 17.1. The van der Waals surface area contributed by atoms with Gasteiger partial charge in [-0.05, 0) is 33.1 Å². The molecule has 0 aliphatic carbocycles. The van der Waals surface area contributed by atoms with E-state index in [1.807, 2.05) is 6.92 Å². The van der Waals surface area contributed by atoms with Crippen LogP contribution in [0.2, 0.25) is 0 Å². The second-order valence-electron chi connectivity index (χ2n) is 5.20. The first-order valence-electron chi connectivity index (χ1n) is 6.96. The lowest BCUT2D eigenvalue weighted by Gasteiger charge is -2.36. The first-order valence-corrected chi connectivity index (χ1v) is 6.96. The summed E-state index contributed by atoms with van der Waals surface area (Å²) >= 11 is 0. The summed E-state index contributed by atoms with van der Waals surface area (Å²) in [4.78, 5) is 10.3. The van der Waals surface area contributed by atoms with Crippen LogP contribution in [0.3, 0.4) is 0 Å². The highest BCUT2D eigenvalue weighted by Gasteiger charge is 2.35. The summed E-state index contributed by atoms with van der Waals surface area (Å²) in [6.45, 7) is 3.63. The molecule has 6 heteroatoms. The molecule has 1 aliphatic rings. The van der Waals surface area contributed by atoms with Gasteiger partial charge >= 0.3 is 5.97 Å². The minimum absolute atomic E-state index is 0.102. The van der Waals surface area contributed by atoms with E-state index in [-0.39, 0.29) is 18.6 Å². The predicted octanol–water partition coefficient (Wildman–Crippen LogP) is 1.06. The molecular formula is C14H24O6. The van der Waals surface area contributed by atoms with Crippen LogP contribution >= 0.6 is 0 Å². The van der Waals surface area contributed by atoms with Crippen LogP contribution in [0.5, 0.6) is 0 Å². The molecule has 0 aromatic heterocycles. The van der Waals surface area contributed by atoms with Gasteiger partial charge in [0.25, 0.3) is 0 Å². The molecule has 1 fully saturated rings. The van der Waals surface area contributed by atoms with Gasteiger partial charge in [-0.15, -0.1) is 0 Å². The number of hydrogen-bond acceptors (Lipinski definition) is 5. The molecule has 1 rings (SSSR count). The molecule has 1 heterocycles. The van der Waals surface area contributed by atoms with E-state index in [4.69, 9.17) is 14.6 Å². The number of rotatable bonds is 7. The number of unbranched alkanes of at least 4 members (excludes halogenated alkanes) is 1. The van der Waals surface area contributed by atoms with Crippen LogP contribution in [0.4, 0.5) is 0 Å². The summed E-state index contributed by atoms with van der Waals surface area (Å²) in [5, 5.41) is 27.8. The Labute approximate surface area is 119 Å². The van der Waals surface area contributed by atoms with E-state index in [0.29, 0.717) is 6.42 Å². The number of hydrogen-bond donors (Lipinski definition) is 3. The van der Waals surface area contributed by atoms with Gasteiger partial charge in [-0.25, -0.2) is 4.79 Å². The quantitative estimate of drug-likeness (QED) is 0.479. The molecule has 1 aliphatic heterocycles. The molecular weight excluding hydrogens is 264 g/mol. The van der Waals surface area contributed by atoms with Crippen LogP contribution in [0, 0.1) is 0 Å². The minimum atomic E-state index is -0.944. The molecule has 0 amide bonds. The van der Waals surface area contributed by atoms with Gasteiger partial charge in [-0.3, -0.25) is 0 Å². The Bertz CT molecular complexity index is 330. The highest BCUT2D eigenvalue weighted by Crippen LogP contribution is 2.22. The lowest BCUT2D eigenvalue weighted by atomic mass is 10.0. The van der Waals surface area contributed by atoms with Crippen LogP contribution in [-0.4, -0.2) is 52.0 Å². The Morgan fingerprint density at radius 1 is 1.45 bits per heavy atom. The topological polar surface area (TPSA) is 96.2 Å². The number of aliphatic hydroxyl groups is 2. The zero-order chi connectivity index (χ0) is 15.1. The van der Waals surface area contributed by atoms with Gasteiger partial charge in [0.15, 0.2) is 6.29 Å². The van der Waals surface area contributed by atoms with E-state index >= 15 is 0 Å². The van der Waals surface area contributed by atoms with Crippen LogP contribution in [0.15, 0.2) is 12.2 Å². The van der Waals surface area contributed by atoms with Crippen molar-refractivity contribution < 1.29 is 29.6 Å². The van der Waals surface area contributed by atoms with Crippen LogP contribution in [-0.2, 0) is 14.3 Å². The van der Waals surface area contributed by atoms with Crippen molar-refractivity contribution in [3.05, 3.63) is 12.2 Å². The number of carboxylic acids is 1. The average Bonchev–Trinajstić information content (AvgIpc) is 2.35. The molecule has 0 radical (unpaired) electrons. The smallest absolute Gasteiger partial charge is 0.327 e. The zero-order valence-electron chi connectivity index (χ0n) is 11.9. The lowest BCUT2D eigenvalue weighted by molar-refractivity contribution is -0.273. The minimum Gasteiger partial charge on any atom is -0.478 e. The fraction of sp³-hybridized carbons (Fsp3) is 0.786. The van der Waals surface area contributed by atoms with E-state index in [0.717, 1.165) is 18.9 Å². The molecule has 0 bridgehead atoms. The highest BCUT2D eigenvalue weighted by molar-refractivity contribution is 5.79. The molecule has 116 valence electrons. The summed E-state index contributed by atoms with van der Waals surface area (Å²) in [5.41, 5.74) is 0. The molecule has 0 aromatic rings. The Morgan fingerprint density at radius 2 is 2.15 bits per heavy atom. The number of carboxylic acid groups (broad SMARTS) is 1. The molecule has 5 atom stereocenters. The summed E-state index contributed by atoms with van der Waals surface area (Å²) in [7, 11) is 0. The maximum absolute atomic E-state index is 10.3. The van der Waals surface area contributed by atoms with Crippen molar-refractivity contribution in [1.29, 1.82) is 0 Å². The van der Waals surface area contributed by atoms with Crippen LogP contribution in [0.25, 0.3) is 0 Å². The highest BCUT2D eigenvalue weighted by atomic mass is 16.7. The van der Waals surface area contributed by atoms with E-state index in [2.05, 4.69) is 0 Å². The van der Waals surface area contributed by atoms with Gasteiger partial charge in [-0.1, -0.05) is 6.08 Å². The fourth-order valence-corrected chi connectivity index (χ4v) is 2.07. The summed E-state index contributed by atoms with van der Waals surface area (Å²) in [6, 6.07) is 0. The normalized spacial score (nSPS) is 32.4. The van der Waals surface area contributed by atoms with Gasteiger partial charge in [0.2, 0.25) is 0 Å². The summed E-state index contributed by atoms with van der Waals surface area (Å²) in [6.07, 6.45) is 2.55. The summed E-state index contributed by atoms with van der Waals surface area (Å²) in [5.74, 6) is -0.944. The van der Waals surface area contributed by atoms with Gasteiger partial charge in [-0.2, -0.15) is 0 Å². The largest absolute Gasteiger partial charge is 0.478 e. The third kappa shape index (κ3) is 6.00. The van der Waals surface area contributed by atoms with Gasteiger partial charge in [0.1, 0.15) is 6.10 Å². The predicted molar refractivity (Wildman–Crippen MR) is 72.1 cm³/mol. The Kier molecular flexibility index (Phi) is 7.15. The van der Waals surface area contributed by atoms with Crippen molar-refractivity contribution in [2.75, 3.05) is 0 Å². The average molecular weight is 288 g/mol. The van der Waals surface area contributed by atoms with Gasteiger partial charge in [0, 0.05) is 12.5 Å². The van der Waals surface area contributed by atoms with Crippen molar-refractivity contribution in [2.45, 2.75) is 70.2 Å². The molecule has 20 heavy (non-hydrogen) atoms. The van der Waals surface area contributed by atoms with E-state index in [1.54, 1.807) is 13.0 Å². The summed E-state index contributed by atoms with van der Waals surface area (Å²) < 4.78 is 11.1. The number of allylic oxidation sites excluding steroid dienone is 1. The molecule has 0 spiro atoms. The molecule has 1 saturated heterocycles. The second-order valence-corrected chi connectivity index (χ2v) is 5.20. The molecule has 0 saturated carbocycles. The second kappa shape index (κ2) is 8.36. The molecule has 0 aromatic carbocycles. The molecule has 6 nitrogen and oxygen atoms in total. The van der Waals surface area contributed by atoms with Crippen molar-refractivity contribution in [3.63, 3.8) is 0 Å². The number of carbonyl (C=O) groups is 1. The maximum Gasteiger partial charge on any atom is 0.327 e. The van der Waals surface area contributed by atoms with Crippen LogP contribution in [0.1, 0.15) is 39.5 Å². The fourth-order valence-electron chi connectivity index (χ4n) is 2.07. The Morgan fingerprint density at radius 3 is 2.80 bits per heavy atom. The molecule has 5 unspecified atom stereocenters. The first-order chi connectivity index (χ1) is 9.40. The van der Waals surface area contributed by atoms with Gasteiger partial charge in [0.05, 0.1) is 18.3 Å². The van der Waals surface area contributed by atoms with Crippen molar-refractivity contribution in [1.82, 2.24) is 0 Å². The van der Waals surface area contributed by atoms with Crippen LogP contribution < -0.4 is 0 Å². The standard InChI is InChI=1S/C14H24O6/c1-9(6-4-3-5-7-13(17)18)19-14-12(16)8-11(15)10(2)20-14/h5,7,9-12,14-16H,3-4,6,8H2,1-2H3,(H,17,18). The third-order valence-corrected chi connectivity index (χ3v) is 3.30. The number of aliphatic carboxylic acids is 1. The zero-order valence-corrected chi connectivity index (χ0v) is 11.9. The number of ether oxygens (including phenoxy) is 2. The Hall–Kier alpha value is -0.950. The van der Waals surface area contributed by atoms with Crippen molar-refractivity contribution in [2.24, 2.45) is 0 Å². The van der Waals surface area contributed by atoms with E-state index < -0.39 is 24.5 Å². The van der Waals surface area contributed by atoms with Crippen molar-refractivity contribution >= 4 is 5.97 Å². The lowest BCUT2D eigenvalue weighted by Crippen LogP contribution is -2.48. The van der Waals surface area contributed by atoms with E-state index in [9.17, 15) is 15.0 Å². The SMILES string of the molecule is CC(CCCC=CC(=O)O)OC1OC(C)C(O)CC1O. The molecule has 3 N–H and O–H groups in total. The Balaban J connectivity index is 2.24. The van der Waals surface area contributed by atoms with Crippen molar-refractivity contribution in [3.8, 4) is 0 Å².